The van der Waals surface area contributed by atoms with Gasteiger partial charge in [0.25, 0.3) is 11.8 Å². The number of nitrogens with two attached hydrogens (primary N) is 1. The molecule has 0 saturated heterocycles. The minimum atomic E-state index is -0.358. The third kappa shape index (κ3) is 4.65. The number of rotatable bonds is 4. The number of hydrogen-bond donors (Lipinski definition) is 3. The molecule has 4 N–H and O–H groups in total. The zero-order valence-electron chi connectivity index (χ0n) is 16.1. The molecule has 0 bridgehead atoms. The SMILES string of the molecule is CC(C)(C)c1ccc(C(=O)Nc2ccc3sc(/C=C/C(=O)NN)cc3c2)cc1. The van der Waals surface area contributed by atoms with Crippen molar-refractivity contribution in [1.82, 2.24) is 5.43 Å². The number of hydrazine groups is 1. The Morgan fingerprint density at radius 3 is 2.39 bits per heavy atom. The van der Waals surface area contributed by atoms with Crippen LogP contribution in [0.1, 0.15) is 41.6 Å². The molecule has 0 unspecified atom stereocenters. The lowest BCUT2D eigenvalue weighted by atomic mass is 9.87. The molecule has 3 aromatic rings. The van der Waals surface area contributed by atoms with Crippen LogP contribution in [-0.2, 0) is 10.2 Å². The van der Waals surface area contributed by atoms with Crippen LogP contribution in [0.4, 0.5) is 5.69 Å². The predicted molar refractivity (Wildman–Crippen MR) is 116 cm³/mol. The van der Waals surface area contributed by atoms with Crippen molar-refractivity contribution in [3.05, 3.63) is 70.6 Å². The summed E-state index contributed by atoms with van der Waals surface area (Å²) >= 11 is 1.56. The molecule has 0 aliphatic carbocycles. The van der Waals surface area contributed by atoms with Crippen molar-refractivity contribution in [2.75, 3.05) is 5.32 Å². The van der Waals surface area contributed by atoms with E-state index in [1.807, 2.05) is 48.5 Å². The Hall–Kier alpha value is -2.96. The molecule has 0 radical (unpaired) electrons. The minimum Gasteiger partial charge on any atom is -0.322 e. The van der Waals surface area contributed by atoms with Crippen LogP contribution >= 0.6 is 11.3 Å². The summed E-state index contributed by atoms with van der Waals surface area (Å²) in [6.07, 6.45) is 3.09. The Kier molecular flexibility index (Phi) is 5.63. The fourth-order valence-electron chi connectivity index (χ4n) is 2.75. The standard InChI is InChI=1S/C22H23N3O2S/c1-22(2,3)16-6-4-14(5-7-16)21(27)24-17-8-10-19-15(12-17)13-18(28-19)9-11-20(26)25-23/h4-13H,23H2,1-3H3,(H,24,27)(H,25,26)/b11-9+. The highest BCUT2D eigenvalue weighted by Crippen LogP contribution is 2.29. The van der Waals surface area contributed by atoms with Crippen LogP contribution in [0.5, 0.6) is 0 Å². The Labute approximate surface area is 168 Å². The van der Waals surface area contributed by atoms with Crippen LogP contribution in [0.2, 0.25) is 0 Å². The number of carbonyl (C=O) groups excluding carboxylic acids is 2. The van der Waals surface area contributed by atoms with Gasteiger partial charge in [-0.3, -0.25) is 15.0 Å². The summed E-state index contributed by atoms with van der Waals surface area (Å²) in [5, 5.41) is 3.94. The third-order valence-electron chi connectivity index (χ3n) is 4.35. The highest BCUT2D eigenvalue weighted by atomic mass is 32.1. The van der Waals surface area contributed by atoms with E-state index in [-0.39, 0.29) is 17.2 Å². The van der Waals surface area contributed by atoms with E-state index in [2.05, 4.69) is 31.5 Å². The Morgan fingerprint density at radius 2 is 1.75 bits per heavy atom. The topological polar surface area (TPSA) is 84.2 Å². The van der Waals surface area contributed by atoms with Gasteiger partial charge in [-0.2, -0.15) is 0 Å². The zero-order valence-corrected chi connectivity index (χ0v) is 16.9. The van der Waals surface area contributed by atoms with Crippen molar-refractivity contribution in [3.8, 4) is 0 Å². The zero-order chi connectivity index (χ0) is 20.3. The van der Waals surface area contributed by atoms with Crippen molar-refractivity contribution >= 4 is 45.0 Å². The maximum atomic E-state index is 12.6. The Morgan fingerprint density at radius 1 is 1.04 bits per heavy atom. The summed E-state index contributed by atoms with van der Waals surface area (Å²) in [5.41, 5.74) is 4.64. The molecule has 2 amide bonds. The first-order chi connectivity index (χ1) is 13.3. The number of hydrogen-bond acceptors (Lipinski definition) is 4. The van der Waals surface area contributed by atoms with Crippen LogP contribution in [0.15, 0.2) is 54.6 Å². The van der Waals surface area contributed by atoms with E-state index in [9.17, 15) is 9.59 Å². The summed E-state index contributed by atoms with van der Waals surface area (Å²) in [5.74, 6) is 4.57. The molecule has 6 heteroatoms. The summed E-state index contributed by atoms with van der Waals surface area (Å²) in [7, 11) is 0. The van der Waals surface area contributed by atoms with E-state index < -0.39 is 0 Å². The number of anilines is 1. The number of nitrogens with one attached hydrogen (secondary N) is 2. The quantitative estimate of drug-likeness (QED) is 0.265. The molecule has 0 aliphatic heterocycles. The summed E-state index contributed by atoms with van der Waals surface area (Å²) in [6.45, 7) is 6.43. The van der Waals surface area contributed by atoms with Gasteiger partial charge in [0.1, 0.15) is 0 Å². The lowest BCUT2D eigenvalue weighted by Gasteiger charge is -2.19. The lowest BCUT2D eigenvalue weighted by Crippen LogP contribution is -2.27. The third-order valence-corrected chi connectivity index (χ3v) is 5.43. The molecule has 28 heavy (non-hydrogen) atoms. The molecular formula is C22H23N3O2S. The van der Waals surface area contributed by atoms with Gasteiger partial charge in [-0.1, -0.05) is 32.9 Å². The van der Waals surface area contributed by atoms with Crippen LogP contribution in [0, 0.1) is 0 Å². The number of fused-ring (bicyclic) bond motifs is 1. The molecule has 1 aromatic heterocycles. The van der Waals surface area contributed by atoms with Crippen LogP contribution < -0.4 is 16.6 Å². The average Bonchev–Trinajstić information content (AvgIpc) is 3.07. The van der Waals surface area contributed by atoms with Crippen LogP contribution in [0.3, 0.4) is 0 Å². The monoisotopic (exact) mass is 393 g/mol. The number of benzene rings is 2. The number of amides is 2. The average molecular weight is 394 g/mol. The van der Waals surface area contributed by atoms with E-state index >= 15 is 0 Å². The van der Waals surface area contributed by atoms with Gasteiger partial charge in [-0.05, 0) is 58.8 Å². The van der Waals surface area contributed by atoms with E-state index in [1.54, 1.807) is 17.4 Å². The molecule has 0 fully saturated rings. The number of thiophene rings is 1. The molecule has 5 nitrogen and oxygen atoms in total. The van der Waals surface area contributed by atoms with E-state index in [1.165, 1.54) is 11.6 Å². The van der Waals surface area contributed by atoms with Crippen LogP contribution in [0.25, 0.3) is 16.2 Å². The van der Waals surface area contributed by atoms with Gasteiger partial charge in [-0.25, -0.2) is 5.84 Å². The molecule has 3 rings (SSSR count). The normalized spacial score (nSPS) is 11.7. The van der Waals surface area contributed by atoms with Crippen molar-refractivity contribution in [2.45, 2.75) is 26.2 Å². The molecule has 0 aliphatic rings. The van der Waals surface area contributed by atoms with E-state index in [4.69, 9.17) is 5.84 Å². The summed E-state index contributed by atoms with van der Waals surface area (Å²) in [4.78, 5) is 24.7. The van der Waals surface area contributed by atoms with Gasteiger partial charge in [0, 0.05) is 26.9 Å². The van der Waals surface area contributed by atoms with Crippen molar-refractivity contribution < 1.29 is 9.59 Å². The molecule has 0 spiro atoms. The van der Waals surface area contributed by atoms with Gasteiger partial charge < -0.3 is 5.32 Å². The maximum absolute atomic E-state index is 12.6. The van der Waals surface area contributed by atoms with E-state index in [0.29, 0.717) is 5.56 Å². The second kappa shape index (κ2) is 7.96. The highest BCUT2D eigenvalue weighted by Gasteiger charge is 2.14. The molecular weight excluding hydrogens is 370 g/mol. The van der Waals surface area contributed by atoms with Crippen LogP contribution in [-0.4, -0.2) is 11.8 Å². The smallest absolute Gasteiger partial charge is 0.257 e. The second-order valence-electron chi connectivity index (χ2n) is 7.52. The second-order valence-corrected chi connectivity index (χ2v) is 8.64. The highest BCUT2D eigenvalue weighted by molar-refractivity contribution is 7.19. The fraction of sp³-hybridized carbons (Fsp3) is 0.182. The van der Waals surface area contributed by atoms with Gasteiger partial charge >= 0.3 is 0 Å². The molecule has 0 atom stereocenters. The van der Waals surface area contributed by atoms with Gasteiger partial charge in [0.05, 0.1) is 0 Å². The van der Waals surface area contributed by atoms with Crippen molar-refractivity contribution in [2.24, 2.45) is 5.84 Å². The molecule has 2 aromatic carbocycles. The fourth-order valence-corrected chi connectivity index (χ4v) is 3.70. The van der Waals surface area contributed by atoms with Crippen molar-refractivity contribution in [3.63, 3.8) is 0 Å². The van der Waals surface area contributed by atoms with Gasteiger partial charge in [0.2, 0.25) is 0 Å². The molecule has 0 saturated carbocycles. The maximum Gasteiger partial charge on any atom is 0.257 e. The van der Waals surface area contributed by atoms with Gasteiger partial charge in [0.15, 0.2) is 0 Å². The summed E-state index contributed by atoms with van der Waals surface area (Å²) in [6, 6.07) is 15.4. The number of carbonyl (C=O) groups is 2. The lowest BCUT2D eigenvalue weighted by molar-refractivity contribution is -0.116. The first-order valence-electron chi connectivity index (χ1n) is 8.90. The largest absolute Gasteiger partial charge is 0.322 e. The molecule has 144 valence electrons. The summed E-state index contributed by atoms with van der Waals surface area (Å²) < 4.78 is 1.07. The first-order valence-corrected chi connectivity index (χ1v) is 9.72. The first kappa shape index (κ1) is 19.8. The predicted octanol–water partition coefficient (Wildman–Crippen LogP) is 4.45. The Bertz CT molecular complexity index is 1040. The minimum absolute atomic E-state index is 0.0516. The Balaban J connectivity index is 1.75. The van der Waals surface area contributed by atoms with E-state index in [0.717, 1.165) is 20.7 Å². The van der Waals surface area contributed by atoms with Gasteiger partial charge in [-0.15, -0.1) is 11.3 Å². The van der Waals surface area contributed by atoms with Crippen molar-refractivity contribution in [1.29, 1.82) is 0 Å². The molecule has 1 heterocycles.